The minimum atomic E-state index is 0.0916. The molecule has 2 N–H and O–H groups in total. The van der Waals surface area contributed by atoms with Crippen molar-refractivity contribution in [1.29, 1.82) is 0 Å². The lowest BCUT2D eigenvalue weighted by atomic mass is 9.99. The molecule has 106 valence electrons. The van der Waals surface area contributed by atoms with Crippen molar-refractivity contribution in [2.75, 3.05) is 20.2 Å². The molecule has 2 unspecified atom stereocenters. The van der Waals surface area contributed by atoms with Crippen LogP contribution in [0.3, 0.4) is 0 Å². The second-order valence-electron chi connectivity index (χ2n) is 5.12. The number of hydrogen-bond acceptors (Lipinski definition) is 4. The van der Waals surface area contributed by atoms with Gasteiger partial charge in [-0.2, -0.15) is 0 Å². The van der Waals surface area contributed by atoms with Crippen molar-refractivity contribution >= 4 is 17.2 Å². The molecule has 0 radical (unpaired) electrons. The molecule has 1 aliphatic rings. The maximum Gasteiger partial charge on any atom is 0.264 e. The number of rotatable bonds is 3. The number of aryl methyl sites for hydroxylation is 2. The Labute approximate surface area is 118 Å². The summed E-state index contributed by atoms with van der Waals surface area (Å²) in [5.74, 6) is 0.117. The molecule has 1 saturated heterocycles. The Morgan fingerprint density at radius 2 is 2.32 bits per heavy atom. The van der Waals surface area contributed by atoms with Crippen LogP contribution in [0.5, 0.6) is 0 Å². The lowest BCUT2D eigenvalue weighted by Crippen LogP contribution is -2.51. The first-order valence-corrected chi connectivity index (χ1v) is 7.49. The first-order chi connectivity index (χ1) is 9.06. The van der Waals surface area contributed by atoms with Crippen LogP contribution in [0.2, 0.25) is 0 Å². The van der Waals surface area contributed by atoms with Gasteiger partial charge in [0, 0.05) is 31.1 Å². The summed E-state index contributed by atoms with van der Waals surface area (Å²) in [7, 11) is 1.72. The van der Waals surface area contributed by atoms with Gasteiger partial charge in [-0.3, -0.25) is 4.79 Å². The van der Waals surface area contributed by atoms with Gasteiger partial charge in [0.2, 0.25) is 0 Å². The first kappa shape index (κ1) is 14.5. The zero-order valence-corrected chi connectivity index (χ0v) is 12.6. The molecule has 1 fully saturated rings. The molecule has 5 heteroatoms. The maximum absolute atomic E-state index is 12.6. The topological polar surface area (TPSA) is 55.6 Å². The van der Waals surface area contributed by atoms with Crippen LogP contribution in [0.4, 0.5) is 0 Å². The molecule has 0 saturated carbocycles. The highest BCUT2D eigenvalue weighted by Gasteiger charge is 2.31. The zero-order valence-electron chi connectivity index (χ0n) is 11.8. The normalized spacial score (nSPS) is 23.7. The van der Waals surface area contributed by atoms with Crippen LogP contribution in [-0.2, 0) is 4.74 Å². The van der Waals surface area contributed by atoms with E-state index < -0.39 is 0 Å². The number of hydrogen-bond donors (Lipinski definition) is 1. The fourth-order valence-electron chi connectivity index (χ4n) is 2.54. The molecule has 2 rings (SSSR count). The summed E-state index contributed by atoms with van der Waals surface area (Å²) >= 11 is 1.57. The molecule has 1 aromatic heterocycles. The molecule has 0 spiro atoms. The predicted molar refractivity (Wildman–Crippen MR) is 77.7 cm³/mol. The number of carbonyl (C=O) groups is 1. The number of piperidine rings is 1. The number of amides is 1. The van der Waals surface area contributed by atoms with E-state index in [1.807, 2.05) is 24.8 Å². The zero-order chi connectivity index (χ0) is 14.0. The molecular weight excluding hydrogens is 260 g/mol. The van der Waals surface area contributed by atoms with Gasteiger partial charge in [0.05, 0.1) is 11.0 Å². The van der Waals surface area contributed by atoms with Crippen molar-refractivity contribution in [2.45, 2.75) is 38.8 Å². The molecule has 1 aliphatic heterocycles. The van der Waals surface area contributed by atoms with Crippen molar-refractivity contribution in [1.82, 2.24) is 4.90 Å². The van der Waals surface area contributed by atoms with E-state index in [2.05, 4.69) is 0 Å². The highest BCUT2D eigenvalue weighted by atomic mass is 32.1. The van der Waals surface area contributed by atoms with Gasteiger partial charge >= 0.3 is 0 Å². The Morgan fingerprint density at radius 1 is 1.58 bits per heavy atom. The van der Waals surface area contributed by atoms with Crippen molar-refractivity contribution in [3.63, 3.8) is 0 Å². The van der Waals surface area contributed by atoms with Crippen LogP contribution in [0.15, 0.2) is 6.07 Å². The van der Waals surface area contributed by atoms with Crippen LogP contribution in [0.1, 0.15) is 33.0 Å². The van der Waals surface area contributed by atoms with Gasteiger partial charge in [-0.1, -0.05) is 0 Å². The Morgan fingerprint density at radius 3 is 2.84 bits per heavy atom. The van der Waals surface area contributed by atoms with Crippen LogP contribution in [0.25, 0.3) is 0 Å². The number of nitrogens with zero attached hydrogens (tertiary/aromatic N) is 1. The molecular formula is C14H22N2O2S. The summed E-state index contributed by atoms with van der Waals surface area (Å²) in [6.45, 7) is 5.32. The average Bonchev–Trinajstić information content (AvgIpc) is 2.77. The van der Waals surface area contributed by atoms with E-state index in [0.29, 0.717) is 6.54 Å². The third-order valence-corrected chi connectivity index (χ3v) is 5.05. The Balaban J connectivity index is 2.14. The predicted octanol–water partition coefficient (Wildman–Crippen LogP) is 1.94. The summed E-state index contributed by atoms with van der Waals surface area (Å²) in [5.41, 5.74) is 7.00. The molecule has 2 heterocycles. The van der Waals surface area contributed by atoms with Crippen LogP contribution in [-0.4, -0.2) is 43.2 Å². The minimum absolute atomic E-state index is 0.0916. The summed E-state index contributed by atoms with van der Waals surface area (Å²) in [6, 6.07) is 2.08. The molecule has 0 aliphatic carbocycles. The second-order valence-corrected chi connectivity index (χ2v) is 6.38. The Kier molecular flexibility index (Phi) is 4.60. The smallest absolute Gasteiger partial charge is 0.264 e. The fourth-order valence-corrected chi connectivity index (χ4v) is 3.53. The Hall–Kier alpha value is -0.910. The van der Waals surface area contributed by atoms with E-state index in [0.717, 1.165) is 24.3 Å². The van der Waals surface area contributed by atoms with E-state index in [1.165, 1.54) is 10.4 Å². The fraction of sp³-hybridized carbons (Fsp3) is 0.643. The van der Waals surface area contributed by atoms with Gasteiger partial charge in [-0.25, -0.2) is 0 Å². The van der Waals surface area contributed by atoms with Gasteiger partial charge in [-0.05, 0) is 38.3 Å². The van der Waals surface area contributed by atoms with E-state index in [1.54, 1.807) is 18.4 Å². The van der Waals surface area contributed by atoms with Crippen LogP contribution in [0, 0.1) is 13.8 Å². The average molecular weight is 282 g/mol. The lowest BCUT2D eigenvalue weighted by Gasteiger charge is -2.38. The number of likely N-dealkylation sites (tertiary alicyclic amines) is 1. The monoisotopic (exact) mass is 282 g/mol. The van der Waals surface area contributed by atoms with Crippen LogP contribution >= 0.6 is 11.3 Å². The molecule has 1 amide bonds. The lowest BCUT2D eigenvalue weighted by molar-refractivity contribution is 0.0141. The third kappa shape index (κ3) is 2.99. The van der Waals surface area contributed by atoms with E-state index in [9.17, 15) is 4.79 Å². The molecule has 2 atom stereocenters. The van der Waals surface area contributed by atoms with Crippen molar-refractivity contribution in [2.24, 2.45) is 5.73 Å². The number of nitrogens with two attached hydrogens (primary N) is 1. The molecule has 0 bridgehead atoms. The third-order valence-electron chi connectivity index (χ3n) is 3.91. The number of thiophene rings is 1. The van der Waals surface area contributed by atoms with Gasteiger partial charge in [0.25, 0.3) is 5.91 Å². The molecule has 0 aromatic carbocycles. The standard InChI is InChI=1S/C14H22N2O2S/c1-9-6-13(19-10(9)2)14(17)16-5-4-12(18-3)7-11(16)8-15/h6,11-12H,4-5,7-8,15H2,1-3H3. The quantitative estimate of drug-likeness (QED) is 0.922. The molecule has 19 heavy (non-hydrogen) atoms. The first-order valence-electron chi connectivity index (χ1n) is 6.67. The van der Waals surface area contributed by atoms with Gasteiger partial charge < -0.3 is 15.4 Å². The maximum atomic E-state index is 12.6. The second kappa shape index (κ2) is 6.03. The molecule has 1 aromatic rings. The summed E-state index contributed by atoms with van der Waals surface area (Å²) in [4.78, 5) is 16.5. The van der Waals surface area contributed by atoms with Crippen molar-refractivity contribution in [3.05, 3.63) is 21.4 Å². The van der Waals surface area contributed by atoms with Gasteiger partial charge in [-0.15, -0.1) is 11.3 Å². The summed E-state index contributed by atoms with van der Waals surface area (Å²) in [5, 5.41) is 0. The summed E-state index contributed by atoms with van der Waals surface area (Å²) in [6.07, 6.45) is 1.95. The minimum Gasteiger partial charge on any atom is -0.381 e. The molecule has 4 nitrogen and oxygen atoms in total. The van der Waals surface area contributed by atoms with Crippen LogP contribution < -0.4 is 5.73 Å². The van der Waals surface area contributed by atoms with E-state index >= 15 is 0 Å². The van der Waals surface area contributed by atoms with Crippen molar-refractivity contribution < 1.29 is 9.53 Å². The number of ether oxygens (including phenoxy) is 1. The van der Waals surface area contributed by atoms with Crippen molar-refractivity contribution in [3.8, 4) is 0 Å². The Bertz CT molecular complexity index is 439. The van der Waals surface area contributed by atoms with E-state index in [-0.39, 0.29) is 18.1 Å². The summed E-state index contributed by atoms with van der Waals surface area (Å²) < 4.78 is 5.39. The largest absolute Gasteiger partial charge is 0.381 e. The van der Waals surface area contributed by atoms with E-state index in [4.69, 9.17) is 10.5 Å². The number of carbonyl (C=O) groups excluding carboxylic acids is 1. The number of methoxy groups -OCH3 is 1. The SMILES string of the molecule is COC1CCN(C(=O)c2cc(C)c(C)s2)C(CN)C1. The highest BCUT2D eigenvalue weighted by molar-refractivity contribution is 7.14. The van der Waals surface area contributed by atoms with Gasteiger partial charge in [0.1, 0.15) is 0 Å². The van der Waals surface area contributed by atoms with Gasteiger partial charge in [0.15, 0.2) is 0 Å². The highest BCUT2D eigenvalue weighted by Crippen LogP contribution is 2.26.